The van der Waals surface area contributed by atoms with Crippen LogP contribution in [-0.4, -0.2) is 117 Å². The topological polar surface area (TPSA) is 181 Å². The van der Waals surface area contributed by atoms with Gasteiger partial charge in [-0.05, 0) is 53.1 Å². The van der Waals surface area contributed by atoms with Gasteiger partial charge in [0.15, 0.2) is 37.5 Å². The summed E-state index contributed by atoms with van der Waals surface area (Å²) in [6.07, 6.45) is 4.15. The Labute approximate surface area is 211 Å². The second-order valence-electron chi connectivity index (χ2n) is 7.14. The Hall–Kier alpha value is -2.20. The highest BCUT2D eigenvalue weighted by molar-refractivity contribution is 6.58. The minimum absolute atomic E-state index is 0.158. The van der Waals surface area contributed by atoms with Crippen molar-refractivity contribution in [2.24, 2.45) is 0 Å². The summed E-state index contributed by atoms with van der Waals surface area (Å²) in [5, 5.41) is 0. The van der Waals surface area contributed by atoms with E-state index >= 15 is 0 Å². The fourth-order valence-electron chi connectivity index (χ4n) is 2.34. The molecule has 0 saturated carbocycles. The molecule has 0 fully saturated rings. The lowest BCUT2D eigenvalue weighted by Crippen LogP contribution is -2.59. The van der Waals surface area contributed by atoms with Gasteiger partial charge in [0.25, 0.3) is 0 Å². The SMILES string of the molecule is CCN(C)CCCC(=O)[NH][Al]([NH]C=O)[NH]C=O.CCN(C)CCCC(=O)[NH][Al]([NH]C=O)[NH]C=O. The normalized spacial score (nSPS) is 9.59. The fraction of sp³-hybridized carbons (Fsp3) is 0.667. The largest absolute Gasteiger partial charge is 0.740 e. The van der Waals surface area contributed by atoms with Crippen molar-refractivity contribution < 1.29 is 28.8 Å². The van der Waals surface area contributed by atoms with Crippen LogP contribution in [-0.2, 0) is 28.8 Å². The van der Waals surface area contributed by atoms with Crippen LogP contribution in [0.5, 0.6) is 0 Å². The molecule has 0 atom stereocenters. The van der Waals surface area contributed by atoms with Gasteiger partial charge in [-0.15, -0.1) is 0 Å². The predicted octanol–water partition coefficient (Wildman–Crippen LogP) is -3.38. The lowest BCUT2D eigenvalue weighted by atomic mass is 10.3. The first-order chi connectivity index (χ1) is 16.3. The van der Waals surface area contributed by atoms with Crippen LogP contribution < -0.4 is 25.8 Å². The van der Waals surface area contributed by atoms with Gasteiger partial charge >= 0.3 is 29.6 Å². The number of nitrogens with one attached hydrogen (secondary N) is 6. The summed E-state index contributed by atoms with van der Waals surface area (Å²) in [7, 11) is 3.97. The van der Waals surface area contributed by atoms with E-state index in [1.807, 2.05) is 27.9 Å². The molecule has 0 spiro atoms. The smallest absolute Gasteiger partial charge is 0.412 e. The highest BCUT2D eigenvalue weighted by atomic mass is 27.2. The number of rotatable bonds is 20. The quantitative estimate of drug-likeness (QED) is 0.0716. The zero-order valence-electron chi connectivity index (χ0n) is 20.5. The van der Waals surface area contributed by atoms with Crippen molar-refractivity contribution in [2.45, 2.75) is 39.5 Å². The van der Waals surface area contributed by atoms with Gasteiger partial charge in [-0.3, -0.25) is 28.8 Å². The van der Waals surface area contributed by atoms with Crippen molar-refractivity contribution >= 4 is 67.1 Å². The minimum atomic E-state index is -2.22. The maximum absolute atomic E-state index is 11.5. The third-order valence-electron chi connectivity index (χ3n) is 4.52. The third kappa shape index (κ3) is 21.6. The van der Waals surface area contributed by atoms with E-state index in [0.717, 1.165) is 39.0 Å². The average Bonchev–Trinajstić information content (AvgIpc) is 2.79. The first-order valence-corrected chi connectivity index (χ1v) is 14.5. The van der Waals surface area contributed by atoms with Gasteiger partial charge in [-0.1, -0.05) is 13.8 Å². The molecule has 0 aromatic heterocycles. The second-order valence-corrected chi connectivity index (χ2v) is 10.8. The van der Waals surface area contributed by atoms with E-state index in [4.69, 9.17) is 0 Å². The van der Waals surface area contributed by atoms with E-state index in [-0.39, 0.29) is 11.8 Å². The molecule has 0 radical (unpaired) electrons. The maximum Gasteiger partial charge on any atom is 0.740 e. The summed E-state index contributed by atoms with van der Waals surface area (Å²) in [5.74, 6) is -0.315. The van der Waals surface area contributed by atoms with Crippen LogP contribution in [0.4, 0.5) is 0 Å². The molecule has 0 aromatic rings. The summed E-state index contributed by atoms with van der Waals surface area (Å²) in [6, 6.07) is 0. The first-order valence-electron chi connectivity index (χ1n) is 11.0. The Bertz CT molecular complexity index is 535. The van der Waals surface area contributed by atoms with Crippen molar-refractivity contribution in [1.29, 1.82) is 0 Å². The van der Waals surface area contributed by atoms with E-state index in [1.165, 1.54) is 0 Å². The number of amides is 6. The number of hydrogen-bond donors (Lipinski definition) is 6. The summed E-state index contributed by atoms with van der Waals surface area (Å²) >= 11 is -4.43. The van der Waals surface area contributed by atoms with Crippen molar-refractivity contribution in [1.82, 2.24) is 35.6 Å². The van der Waals surface area contributed by atoms with E-state index in [1.54, 1.807) is 0 Å². The molecule has 6 N–H and O–H groups in total. The van der Waals surface area contributed by atoms with Crippen LogP contribution in [0.3, 0.4) is 0 Å². The molecular formula is C18H38Al2N8O6. The van der Waals surface area contributed by atoms with E-state index in [0.29, 0.717) is 38.5 Å². The van der Waals surface area contributed by atoms with Gasteiger partial charge < -0.3 is 35.6 Å². The molecular weight excluding hydrogens is 478 g/mol. The number of nitrogens with zero attached hydrogens (tertiary/aromatic N) is 2. The predicted molar refractivity (Wildman–Crippen MR) is 129 cm³/mol. The Morgan fingerprint density at radius 2 is 0.941 bits per heavy atom. The average molecular weight is 517 g/mol. The Kier molecular flexibility index (Phi) is 23.9. The molecule has 0 aliphatic carbocycles. The monoisotopic (exact) mass is 516 g/mol. The summed E-state index contributed by atoms with van der Waals surface area (Å²) in [5.41, 5.74) is 0. The first kappa shape index (κ1) is 34.0. The van der Waals surface area contributed by atoms with E-state index in [2.05, 4.69) is 35.6 Å². The zero-order chi connectivity index (χ0) is 26.2. The van der Waals surface area contributed by atoms with Crippen LogP contribution in [0, 0.1) is 0 Å². The Balaban J connectivity index is 0. The Morgan fingerprint density at radius 1 is 0.647 bits per heavy atom. The van der Waals surface area contributed by atoms with Crippen molar-refractivity contribution in [3.05, 3.63) is 0 Å². The molecule has 192 valence electrons. The molecule has 0 aromatic carbocycles. The highest BCUT2D eigenvalue weighted by Crippen LogP contribution is 1.93. The fourth-order valence-corrected chi connectivity index (χ4v) is 4.34. The van der Waals surface area contributed by atoms with E-state index < -0.39 is 29.6 Å². The molecule has 0 unspecified atom stereocenters. The molecule has 0 rings (SSSR count). The van der Waals surface area contributed by atoms with Crippen molar-refractivity contribution in [2.75, 3.05) is 40.3 Å². The van der Waals surface area contributed by atoms with Gasteiger partial charge in [0.1, 0.15) is 0 Å². The molecule has 0 aliphatic heterocycles. The number of carbonyl (C=O) groups excluding carboxylic acids is 6. The summed E-state index contributed by atoms with van der Waals surface area (Å²) in [4.78, 5) is 68.0. The molecule has 6 amide bonds. The van der Waals surface area contributed by atoms with Gasteiger partial charge in [0.05, 0.1) is 0 Å². The summed E-state index contributed by atoms with van der Waals surface area (Å²) < 4.78 is 14.8. The Morgan fingerprint density at radius 3 is 1.18 bits per heavy atom. The van der Waals surface area contributed by atoms with Crippen LogP contribution in [0.2, 0.25) is 0 Å². The standard InChI is InChI=1S/2C7H16N2O.4CH3NO.2Al/c2*1-3-9(2)6-4-5-7(8)10;4*2-1-3;;/h2*3-6H2,1-2H3,(H2,8,10);4*1H,(H2,2,3);;/q;;;;;;2*+3/p-6. The van der Waals surface area contributed by atoms with E-state index in [9.17, 15) is 28.8 Å². The molecule has 0 heterocycles. The maximum atomic E-state index is 11.5. The van der Waals surface area contributed by atoms with Crippen molar-refractivity contribution in [3.63, 3.8) is 0 Å². The highest BCUT2D eigenvalue weighted by Gasteiger charge is 2.25. The van der Waals surface area contributed by atoms with Gasteiger partial charge in [-0.25, -0.2) is 0 Å². The second kappa shape index (κ2) is 23.9. The van der Waals surface area contributed by atoms with Gasteiger partial charge in [-0.2, -0.15) is 0 Å². The van der Waals surface area contributed by atoms with Crippen molar-refractivity contribution in [3.8, 4) is 0 Å². The van der Waals surface area contributed by atoms with Gasteiger partial charge in [0.2, 0.25) is 0 Å². The van der Waals surface area contributed by atoms with Crippen LogP contribution in [0.1, 0.15) is 39.5 Å². The third-order valence-corrected chi connectivity index (χ3v) is 7.62. The summed E-state index contributed by atoms with van der Waals surface area (Å²) in [6.45, 7) is 7.67. The molecule has 0 bridgehead atoms. The molecule has 0 saturated heterocycles. The van der Waals surface area contributed by atoms with Crippen LogP contribution in [0.15, 0.2) is 0 Å². The van der Waals surface area contributed by atoms with Gasteiger partial charge in [0, 0.05) is 12.8 Å². The number of hydrogen-bond acceptors (Lipinski definition) is 8. The molecule has 14 nitrogen and oxygen atoms in total. The van der Waals surface area contributed by atoms with Crippen LogP contribution in [0.25, 0.3) is 0 Å². The molecule has 34 heavy (non-hydrogen) atoms. The number of carbonyl (C=O) groups is 6. The molecule has 16 heteroatoms. The molecule has 0 aliphatic rings. The lowest BCUT2D eigenvalue weighted by molar-refractivity contribution is -0.120. The minimum Gasteiger partial charge on any atom is -0.412 e. The van der Waals surface area contributed by atoms with Crippen LogP contribution >= 0.6 is 0 Å². The zero-order valence-corrected chi connectivity index (χ0v) is 22.8. The lowest BCUT2D eigenvalue weighted by Gasteiger charge is -2.14.